The fourth-order valence-corrected chi connectivity index (χ4v) is 2.27. The van der Waals surface area contributed by atoms with Gasteiger partial charge in [-0.1, -0.05) is 19.1 Å². The Hall–Kier alpha value is -1.90. The molecule has 0 radical (unpaired) electrons. The summed E-state index contributed by atoms with van der Waals surface area (Å²) in [6.07, 6.45) is 5.20. The molecule has 0 saturated heterocycles. The van der Waals surface area contributed by atoms with E-state index in [1.54, 1.807) is 13.8 Å². The van der Waals surface area contributed by atoms with Crippen LogP contribution in [0.1, 0.15) is 31.9 Å². The van der Waals surface area contributed by atoms with Gasteiger partial charge in [0.15, 0.2) is 0 Å². The van der Waals surface area contributed by atoms with Crippen LogP contribution >= 0.6 is 0 Å². The summed E-state index contributed by atoms with van der Waals surface area (Å²) < 4.78 is 0. The zero-order chi connectivity index (χ0) is 14.0. The van der Waals surface area contributed by atoms with Crippen molar-refractivity contribution in [2.24, 2.45) is 5.41 Å². The van der Waals surface area contributed by atoms with Crippen LogP contribution in [0.3, 0.4) is 0 Å². The molecular weight excluding hydrogens is 238 g/mol. The molecule has 3 heteroatoms. The Labute approximate surface area is 113 Å². The van der Waals surface area contributed by atoms with Crippen LogP contribution in [-0.4, -0.2) is 16.1 Å². The molecule has 0 saturated carbocycles. The van der Waals surface area contributed by atoms with Gasteiger partial charge in [0.25, 0.3) is 0 Å². The van der Waals surface area contributed by atoms with E-state index >= 15 is 0 Å². The van der Waals surface area contributed by atoms with Gasteiger partial charge in [0.1, 0.15) is 0 Å². The van der Waals surface area contributed by atoms with E-state index in [-0.39, 0.29) is 0 Å². The summed E-state index contributed by atoms with van der Waals surface area (Å²) in [7, 11) is 0. The van der Waals surface area contributed by atoms with Crippen molar-refractivity contribution >= 4 is 16.7 Å². The van der Waals surface area contributed by atoms with E-state index in [0.717, 1.165) is 17.4 Å². The van der Waals surface area contributed by atoms with E-state index in [9.17, 15) is 9.90 Å². The predicted octanol–water partition coefficient (Wildman–Crippen LogP) is 3.45. The van der Waals surface area contributed by atoms with Crippen molar-refractivity contribution in [3.05, 3.63) is 41.7 Å². The van der Waals surface area contributed by atoms with Crippen molar-refractivity contribution in [3.8, 4) is 0 Å². The van der Waals surface area contributed by atoms with Crippen molar-refractivity contribution in [1.82, 2.24) is 4.98 Å². The lowest BCUT2D eigenvalue weighted by Crippen LogP contribution is -2.26. The Bertz CT molecular complexity index is 617. The lowest BCUT2D eigenvalue weighted by Gasteiger charge is -2.19. The first kappa shape index (κ1) is 13.5. The first-order chi connectivity index (χ1) is 8.94. The van der Waals surface area contributed by atoms with Gasteiger partial charge in [0.05, 0.1) is 5.41 Å². The Morgan fingerprint density at radius 3 is 2.68 bits per heavy atom. The summed E-state index contributed by atoms with van der Waals surface area (Å²) in [5.74, 6) is -0.770. The van der Waals surface area contributed by atoms with Crippen molar-refractivity contribution < 1.29 is 9.90 Å². The smallest absolute Gasteiger partial charge is 0.309 e. The maximum absolute atomic E-state index is 11.2. The highest BCUT2D eigenvalue weighted by atomic mass is 16.4. The lowest BCUT2D eigenvalue weighted by atomic mass is 9.85. The molecule has 1 aromatic heterocycles. The quantitative estimate of drug-likeness (QED) is 0.912. The summed E-state index contributed by atoms with van der Waals surface area (Å²) >= 11 is 0. The molecule has 1 aromatic carbocycles. The van der Waals surface area contributed by atoms with Crippen molar-refractivity contribution in [3.63, 3.8) is 0 Å². The Balaban J connectivity index is 2.40. The van der Waals surface area contributed by atoms with Gasteiger partial charge >= 0.3 is 5.97 Å². The zero-order valence-electron chi connectivity index (χ0n) is 11.6. The minimum absolute atomic E-state index is 0.522. The van der Waals surface area contributed by atoms with E-state index in [4.69, 9.17) is 0 Å². The van der Waals surface area contributed by atoms with Gasteiger partial charge in [-0.05, 0) is 49.3 Å². The predicted molar refractivity (Wildman–Crippen MR) is 76.2 cm³/mol. The number of carboxylic acid groups (broad SMARTS) is 1. The Kier molecular flexibility index (Phi) is 3.56. The topological polar surface area (TPSA) is 50.2 Å². The Morgan fingerprint density at radius 2 is 2.05 bits per heavy atom. The number of aryl methyl sites for hydroxylation is 1. The molecule has 1 N–H and O–H groups in total. The molecule has 0 atom stereocenters. The lowest BCUT2D eigenvalue weighted by molar-refractivity contribution is -0.146. The molecular formula is C16H19NO2. The molecule has 1 heterocycles. The Morgan fingerprint density at radius 1 is 1.32 bits per heavy atom. The normalized spacial score (nSPS) is 11.7. The van der Waals surface area contributed by atoms with Crippen LogP contribution in [0.25, 0.3) is 10.8 Å². The highest BCUT2D eigenvalue weighted by Gasteiger charge is 2.27. The molecule has 0 spiro atoms. The van der Waals surface area contributed by atoms with Gasteiger partial charge in [0.2, 0.25) is 0 Å². The van der Waals surface area contributed by atoms with Gasteiger partial charge in [-0.2, -0.15) is 0 Å². The second-order valence-corrected chi connectivity index (χ2v) is 5.57. The third-order valence-corrected chi connectivity index (χ3v) is 3.51. The molecule has 0 amide bonds. The standard InChI is InChI=1S/C16H19NO2/c1-4-12-9-17-10-13-7-11(5-6-14(12)13)8-16(2,3)15(18)19/h5-7,9-10H,4,8H2,1-3H3,(H,18,19). The number of hydrogen-bond acceptors (Lipinski definition) is 2. The summed E-state index contributed by atoms with van der Waals surface area (Å²) in [4.78, 5) is 15.4. The minimum Gasteiger partial charge on any atom is -0.481 e. The minimum atomic E-state index is -0.770. The van der Waals surface area contributed by atoms with Gasteiger partial charge < -0.3 is 5.11 Å². The summed E-state index contributed by atoms with van der Waals surface area (Å²) in [6.45, 7) is 5.61. The number of fused-ring (bicyclic) bond motifs is 1. The number of carbonyl (C=O) groups is 1. The molecule has 2 aromatic rings. The van der Waals surface area contributed by atoms with Gasteiger partial charge in [-0.3, -0.25) is 9.78 Å². The largest absolute Gasteiger partial charge is 0.481 e. The van der Waals surface area contributed by atoms with Crippen molar-refractivity contribution in [1.29, 1.82) is 0 Å². The van der Waals surface area contributed by atoms with Crippen LogP contribution in [-0.2, 0) is 17.6 Å². The zero-order valence-corrected chi connectivity index (χ0v) is 11.6. The maximum atomic E-state index is 11.2. The molecule has 0 aliphatic carbocycles. The monoisotopic (exact) mass is 257 g/mol. The second-order valence-electron chi connectivity index (χ2n) is 5.57. The van der Waals surface area contributed by atoms with E-state index in [0.29, 0.717) is 6.42 Å². The third-order valence-electron chi connectivity index (χ3n) is 3.51. The number of rotatable bonds is 4. The maximum Gasteiger partial charge on any atom is 0.309 e. The first-order valence-corrected chi connectivity index (χ1v) is 6.53. The summed E-state index contributed by atoms with van der Waals surface area (Å²) in [5.41, 5.74) is 1.51. The van der Waals surface area contributed by atoms with Crippen LogP contribution in [0.15, 0.2) is 30.6 Å². The second kappa shape index (κ2) is 5.00. The van der Waals surface area contributed by atoms with Gasteiger partial charge in [-0.25, -0.2) is 0 Å². The number of aliphatic carboxylic acids is 1. The van der Waals surface area contributed by atoms with E-state index in [1.807, 2.05) is 24.5 Å². The van der Waals surface area contributed by atoms with Crippen molar-refractivity contribution in [2.45, 2.75) is 33.6 Å². The summed E-state index contributed by atoms with van der Waals surface area (Å²) in [6, 6.07) is 6.14. The number of aromatic nitrogens is 1. The summed E-state index contributed by atoms with van der Waals surface area (Å²) in [5, 5.41) is 11.5. The molecule has 19 heavy (non-hydrogen) atoms. The van der Waals surface area contributed by atoms with Gasteiger partial charge in [0, 0.05) is 17.8 Å². The number of carboxylic acids is 1. The number of nitrogens with zero attached hydrogens (tertiary/aromatic N) is 1. The third kappa shape index (κ3) is 2.75. The van der Waals surface area contributed by atoms with Crippen LogP contribution in [0.2, 0.25) is 0 Å². The highest BCUT2D eigenvalue weighted by molar-refractivity contribution is 5.85. The fourth-order valence-electron chi connectivity index (χ4n) is 2.27. The van der Waals surface area contributed by atoms with Crippen LogP contribution < -0.4 is 0 Å². The first-order valence-electron chi connectivity index (χ1n) is 6.53. The molecule has 0 unspecified atom stereocenters. The number of hydrogen-bond donors (Lipinski definition) is 1. The van der Waals surface area contributed by atoms with Crippen LogP contribution in [0, 0.1) is 5.41 Å². The molecule has 0 fully saturated rings. The highest BCUT2D eigenvalue weighted by Crippen LogP contribution is 2.25. The fraction of sp³-hybridized carbons (Fsp3) is 0.375. The van der Waals surface area contributed by atoms with Crippen LogP contribution in [0.4, 0.5) is 0 Å². The molecule has 0 aliphatic heterocycles. The SMILES string of the molecule is CCc1cncc2cc(CC(C)(C)C(=O)O)ccc12. The molecule has 2 rings (SSSR count). The molecule has 100 valence electrons. The number of benzene rings is 1. The van der Waals surface area contributed by atoms with E-state index in [2.05, 4.69) is 18.0 Å². The van der Waals surface area contributed by atoms with Gasteiger partial charge in [-0.15, -0.1) is 0 Å². The van der Waals surface area contributed by atoms with E-state index in [1.165, 1.54) is 10.9 Å². The van der Waals surface area contributed by atoms with E-state index < -0.39 is 11.4 Å². The molecule has 0 aliphatic rings. The van der Waals surface area contributed by atoms with Crippen LogP contribution in [0.5, 0.6) is 0 Å². The molecule has 0 bridgehead atoms. The molecule has 3 nitrogen and oxygen atoms in total. The average Bonchev–Trinajstić information content (AvgIpc) is 2.37. The van der Waals surface area contributed by atoms with Crippen molar-refractivity contribution in [2.75, 3.05) is 0 Å². The average molecular weight is 257 g/mol. The number of pyridine rings is 1.